The van der Waals surface area contributed by atoms with Gasteiger partial charge in [0.25, 0.3) is 0 Å². The lowest BCUT2D eigenvalue weighted by molar-refractivity contribution is -0.143. The van der Waals surface area contributed by atoms with Crippen LogP contribution < -0.4 is 21.7 Å². The zero-order valence-corrected chi connectivity index (χ0v) is 21.8. The number of hydrogen-bond donors (Lipinski definition) is 8. The molecule has 0 bridgehead atoms. The number of thioether (sulfide) groups is 1. The van der Waals surface area contributed by atoms with E-state index in [4.69, 9.17) is 10.8 Å². The molecule has 2 aromatic rings. The lowest BCUT2D eigenvalue weighted by atomic mass is 10.0. The number of nitrogens with one attached hydrogen (secondary N) is 4. The first-order valence-electron chi connectivity index (χ1n) is 11.8. The van der Waals surface area contributed by atoms with E-state index in [1.165, 1.54) is 11.8 Å². The highest BCUT2D eigenvalue weighted by Crippen LogP contribution is 2.19. The van der Waals surface area contributed by atoms with Crippen LogP contribution in [0, 0.1) is 0 Å². The molecule has 1 heterocycles. The monoisotopic (exact) mass is 565 g/mol. The van der Waals surface area contributed by atoms with Gasteiger partial charge in [-0.1, -0.05) is 18.2 Å². The first-order chi connectivity index (χ1) is 18.4. The van der Waals surface area contributed by atoms with Crippen molar-refractivity contribution in [2.24, 2.45) is 5.73 Å². The van der Waals surface area contributed by atoms with Gasteiger partial charge in [0.15, 0.2) is 0 Å². The first-order valence-corrected chi connectivity index (χ1v) is 13.2. The van der Waals surface area contributed by atoms with Crippen molar-refractivity contribution < 1.29 is 44.1 Å². The van der Waals surface area contributed by atoms with Crippen LogP contribution in [0.2, 0.25) is 0 Å². The van der Waals surface area contributed by atoms with Gasteiger partial charge in [0.1, 0.15) is 18.1 Å². The quantitative estimate of drug-likeness (QED) is 0.126. The first kappa shape index (κ1) is 31.1. The minimum absolute atomic E-state index is 0.0662. The number of benzene rings is 1. The van der Waals surface area contributed by atoms with E-state index in [1.807, 2.05) is 0 Å². The second kappa shape index (κ2) is 14.7. The van der Waals surface area contributed by atoms with E-state index >= 15 is 0 Å². The molecular weight excluding hydrogens is 534 g/mol. The summed E-state index contributed by atoms with van der Waals surface area (Å²) in [6, 6.07) is 1.28. The van der Waals surface area contributed by atoms with Crippen molar-refractivity contribution in [1.82, 2.24) is 20.9 Å². The third-order valence-electron chi connectivity index (χ3n) is 5.70. The summed E-state index contributed by atoms with van der Waals surface area (Å²) in [4.78, 5) is 75.6. The molecule has 4 unspecified atom stereocenters. The lowest BCUT2D eigenvalue weighted by Crippen LogP contribution is -2.58. The van der Waals surface area contributed by atoms with Crippen LogP contribution in [-0.4, -0.2) is 92.1 Å². The minimum atomic E-state index is -1.67. The zero-order chi connectivity index (χ0) is 29.1. The summed E-state index contributed by atoms with van der Waals surface area (Å²) in [6.07, 6.45) is 1.74. The Bertz CT molecular complexity index is 1220. The molecule has 9 N–H and O–H groups in total. The number of para-hydroxylation sites is 1. The molecular formula is C24H31N5O9S. The van der Waals surface area contributed by atoms with E-state index in [1.54, 1.807) is 36.7 Å². The fourth-order valence-electron chi connectivity index (χ4n) is 3.71. The maximum absolute atomic E-state index is 13.3. The van der Waals surface area contributed by atoms with Crippen molar-refractivity contribution in [3.63, 3.8) is 0 Å². The van der Waals surface area contributed by atoms with Gasteiger partial charge in [0.05, 0.1) is 18.9 Å². The van der Waals surface area contributed by atoms with E-state index in [0.29, 0.717) is 11.3 Å². The number of aromatic nitrogens is 1. The van der Waals surface area contributed by atoms with Crippen molar-refractivity contribution in [2.45, 2.75) is 49.9 Å². The number of aliphatic carboxylic acids is 3. The number of rotatable bonds is 16. The van der Waals surface area contributed by atoms with Crippen LogP contribution in [0.15, 0.2) is 30.5 Å². The third-order valence-corrected chi connectivity index (χ3v) is 6.34. The Labute approximate surface area is 227 Å². The number of carboxylic acid groups (broad SMARTS) is 3. The highest BCUT2D eigenvalue weighted by atomic mass is 32.2. The maximum atomic E-state index is 13.3. The Kier molecular flexibility index (Phi) is 11.7. The average molecular weight is 566 g/mol. The molecule has 39 heavy (non-hydrogen) atoms. The van der Waals surface area contributed by atoms with Gasteiger partial charge in [-0.2, -0.15) is 11.8 Å². The van der Waals surface area contributed by atoms with E-state index in [-0.39, 0.29) is 12.8 Å². The maximum Gasteiger partial charge on any atom is 0.326 e. The number of fused-ring (bicyclic) bond motifs is 1. The van der Waals surface area contributed by atoms with Crippen LogP contribution in [-0.2, 0) is 35.2 Å². The van der Waals surface area contributed by atoms with Crippen LogP contribution in [0.1, 0.15) is 24.8 Å². The summed E-state index contributed by atoms with van der Waals surface area (Å²) in [7, 11) is 0. The lowest BCUT2D eigenvalue weighted by Gasteiger charge is -2.24. The van der Waals surface area contributed by atoms with Crippen molar-refractivity contribution >= 4 is 58.3 Å². The molecule has 15 heteroatoms. The molecule has 0 aliphatic rings. The summed E-state index contributed by atoms with van der Waals surface area (Å²) in [6.45, 7) is 0. The van der Waals surface area contributed by atoms with E-state index in [9.17, 15) is 39.0 Å². The number of nitrogens with two attached hydrogens (primary N) is 1. The van der Waals surface area contributed by atoms with E-state index in [2.05, 4.69) is 20.9 Å². The standard InChI is InChI=1S/C24H31N5O9S/c1-39-7-6-16(24(37)38)27-23(36)18(10-20(32)33)29-22(35)17(28-21(34)14(25)9-19(30)31)8-12-11-26-15-5-3-2-4-13(12)15/h2-5,11,14,16-18,26H,6-10,25H2,1H3,(H,27,36)(H,28,34)(H,29,35)(H,30,31)(H,32,33)(H,37,38). The van der Waals surface area contributed by atoms with Crippen LogP contribution in [0.4, 0.5) is 0 Å². The summed E-state index contributed by atoms with van der Waals surface area (Å²) in [5.41, 5.74) is 6.98. The molecule has 1 aromatic carbocycles. The molecule has 0 aliphatic carbocycles. The van der Waals surface area contributed by atoms with Crippen LogP contribution in [0.3, 0.4) is 0 Å². The molecule has 1 aromatic heterocycles. The summed E-state index contributed by atoms with van der Waals surface area (Å²) < 4.78 is 0. The van der Waals surface area contributed by atoms with Gasteiger partial charge in [0.2, 0.25) is 17.7 Å². The Balaban J connectivity index is 2.30. The molecule has 212 valence electrons. The number of carbonyl (C=O) groups excluding carboxylic acids is 3. The van der Waals surface area contributed by atoms with E-state index in [0.717, 1.165) is 10.9 Å². The van der Waals surface area contributed by atoms with Gasteiger partial charge in [-0.3, -0.25) is 24.0 Å². The van der Waals surface area contributed by atoms with Gasteiger partial charge >= 0.3 is 17.9 Å². The fourth-order valence-corrected chi connectivity index (χ4v) is 4.18. The number of amides is 3. The van der Waals surface area contributed by atoms with E-state index < -0.39 is 72.6 Å². The highest BCUT2D eigenvalue weighted by molar-refractivity contribution is 7.98. The number of hydrogen-bond acceptors (Lipinski definition) is 8. The molecule has 0 radical (unpaired) electrons. The molecule has 3 amide bonds. The Morgan fingerprint density at radius 3 is 2.08 bits per heavy atom. The summed E-state index contributed by atoms with van der Waals surface area (Å²) >= 11 is 1.35. The molecule has 2 rings (SSSR count). The van der Waals surface area contributed by atoms with Crippen LogP contribution in [0.5, 0.6) is 0 Å². The number of H-pyrrole nitrogens is 1. The zero-order valence-electron chi connectivity index (χ0n) is 21.0. The van der Waals surface area contributed by atoms with Gasteiger partial charge in [0, 0.05) is 23.5 Å². The van der Waals surface area contributed by atoms with Gasteiger partial charge in [-0.15, -0.1) is 0 Å². The van der Waals surface area contributed by atoms with Crippen molar-refractivity contribution in [3.05, 3.63) is 36.0 Å². The fraction of sp³-hybridized carbons (Fsp3) is 0.417. The number of carbonyl (C=O) groups is 6. The SMILES string of the molecule is CSCCC(NC(=O)C(CC(=O)O)NC(=O)C(Cc1c[nH]c2ccccc12)NC(=O)C(N)CC(=O)O)C(=O)O. The van der Waals surface area contributed by atoms with Crippen LogP contribution in [0.25, 0.3) is 10.9 Å². The number of aromatic amines is 1. The Hall–Kier alpha value is -4.11. The molecule has 0 spiro atoms. The predicted octanol–water partition coefficient (Wildman–Crippen LogP) is -0.721. The number of carboxylic acids is 3. The molecule has 14 nitrogen and oxygen atoms in total. The normalized spacial score (nSPS) is 14.0. The molecule has 0 saturated heterocycles. The smallest absolute Gasteiger partial charge is 0.326 e. The molecule has 4 atom stereocenters. The molecule has 0 fully saturated rings. The minimum Gasteiger partial charge on any atom is -0.481 e. The van der Waals surface area contributed by atoms with Crippen molar-refractivity contribution in [2.75, 3.05) is 12.0 Å². The second-order valence-electron chi connectivity index (χ2n) is 8.67. The third kappa shape index (κ3) is 9.61. The Morgan fingerprint density at radius 2 is 1.46 bits per heavy atom. The van der Waals surface area contributed by atoms with Gasteiger partial charge in [-0.05, 0) is 30.1 Å². The van der Waals surface area contributed by atoms with Crippen molar-refractivity contribution in [1.29, 1.82) is 0 Å². The average Bonchev–Trinajstić information content (AvgIpc) is 3.27. The topological polar surface area (TPSA) is 241 Å². The Morgan fingerprint density at radius 1 is 0.872 bits per heavy atom. The van der Waals surface area contributed by atoms with Gasteiger partial charge < -0.3 is 42.0 Å². The summed E-state index contributed by atoms with van der Waals surface area (Å²) in [5, 5.41) is 35.3. The molecule has 0 saturated carbocycles. The van der Waals surface area contributed by atoms with Crippen LogP contribution >= 0.6 is 11.8 Å². The largest absolute Gasteiger partial charge is 0.481 e. The molecule has 0 aliphatic heterocycles. The van der Waals surface area contributed by atoms with Gasteiger partial charge in [-0.25, -0.2) is 4.79 Å². The second-order valence-corrected chi connectivity index (χ2v) is 9.65. The predicted molar refractivity (Wildman–Crippen MR) is 141 cm³/mol. The highest BCUT2D eigenvalue weighted by Gasteiger charge is 2.32. The summed E-state index contributed by atoms with van der Waals surface area (Å²) in [5.74, 6) is -6.61. The van der Waals surface area contributed by atoms with Crippen molar-refractivity contribution in [3.8, 4) is 0 Å².